The largest absolute Gasteiger partial charge is 0.399 e. The Morgan fingerprint density at radius 2 is 1.88 bits per heavy atom. The number of hydrogen-bond acceptors (Lipinski definition) is 4. The van der Waals surface area contributed by atoms with Crippen LogP contribution in [-0.2, 0) is 6.54 Å². The fraction of sp³-hybridized carbons (Fsp3) is 0.235. The number of nitrogen functional groups attached to an aromatic ring is 1. The third-order valence-corrected chi connectivity index (χ3v) is 4.12. The molecule has 0 fully saturated rings. The molecule has 3 aromatic rings. The minimum absolute atomic E-state index is 0.241. The van der Waals surface area contributed by atoms with Crippen LogP contribution < -0.4 is 11.4 Å². The molecule has 2 aromatic carbocycles. The highest BCUT2D eigenvalue weighted by Gasteiger charge is 2.17. The van der Waals surface area contributed by atoms with Gasteiger partial charge in [0.15, 0.2) is 11.6 Å². The Bertz CT molecular complexity index is 979. The van der Waals surface area contributed by atoms with E-state index in [0.29, 0.717) is 11.3 Å². The number of benzene rings is 2. The van der Waals surface area contributed by atoms with E-state index in [2.05, 4.69) is 10.4 Å². The van der Waals surface area contributed by atoms with Gasteiger partial charge in [0.25, 0.3) is 0 Å². The summed E-state index contributed by atoms with van der Waals surface area (Å²) in [4.78, 5) is 12.5. The molecule has 2 N–H and O–H groups in total. The van der Waals surface area contributed by atoms with E-state index in [0.717, 1.165) is 27.9 Å². The van der Waals surface area contributed by atoms with Crippen LogP contribution >= 0.6 is 0 Å². The van der Waals surface area contributed by atoms with Crippen molar-refractivity contribution in [3.63, 3.8) is 0 Å². The summed E-state index contributed by atoms with van der Waals surface area (Å²) in [5.74, 6) is -1.91. The van der Waals surface area contributed by atoms with E-state index in [1.807, 2.05) is 19.1 Å². The molecule has 8 heteroatoms. The predicted molar refractivity (Wildman–Crippen MR) is 89.1 cm³/mol. The lowest BCUT2D eigenvalue weighted by Crippen LogP contribution is -2.28. The van der Waals surface area contributed by atoms with Crippen LogP contribution in [0.25, 0.3) is 0 Å². The fourth-order valence-electron chi connectivity index (χ4n) is 2.55. The van der Waals surface area contributed by atoms with E-state index in [1.165, 1.54) is 10.7 Å². The first kappa shape index (κ1) is 16.8. The SMILES string of the molecule is Cc1cc(Cn2nnn(C(C)c3ccc(F)c(F)c3)c2=O)ccc1N. The Labute approximate surface area is 142 Å². The molecule has 1 unspecified atom stereocenters. The summed E-state index contributed by atoms with van der Waals surface area (Å²) in [6.07, 6.45) is 0. The highest BCUT2D eigenvalue weighted by molar-refractivity contribution is 5.47. The van der Waals surface area contributed by atoms with Crippen molar-refractivity contribution in [1.29, 1.82) is 0 Å². The van der Waals surface area contributed by atoms with Gasteiger partial charge in [0, 0.05) is 5.69 Å². The van der Waals surface area contributed by atoms with Gasteiger partial charge in [-0.1, -0.05) is 18.2 Å². The molecule has 1 aromatic heterocycles. The quantitative estimate of drug-likeness (QED) is 0.736. The summed E-state index contributed by atoms with van der Waals surface area (Å²) in [6.45, 7) is 3.79. The van der Waals surface area contributed by atoms with Crippen molar-refractivity contribution in [2.45, 2.75) is 26.4 Å². The van der Waals surface area contributed by atoms with Crippen LogP contribution in [-0.4, -0.2) is 19.8 Å². The second-order valence-corrected chi connectivity index (χ2v) is 5.90. The molecular weight excluding hydrogens is 328 g/mol. The number of anilines is 1. The van der Waals surface area contributed by atoms with Crippen LogP contribution in [0.15, 0.2) is 41.2 Å². The lowest BCUT2D eigenvalue weighted by Gasteiger charge is -2.10. The first-order valence-electron chi connectivity index (χ1n) is 7.69. The summed E-state index contributed by atoms with van der Waals surface area (Å²) >= 11 is 0. The molecule has 0 bridgehead atoms. The molecule has 130 valence electrons. The number of hydrogen-bond donors (Lipinski definition) is 1. The van der Waals surface area contributed by atoms with Crippen molar-refractivity contribution in [1.82, 2.24) is 19.8 Å². The van der Waals surface area contributed by atoms with Crippen molar-refractivity contribution in [2.24, 2.45) is 0 Å². The van der Waals surface area contributed by atoms with Crippen molar-refractivity contribution in [3.8, 4) is 0 Å². The van der Waals surface area contributed by atoms with Crippen molar-refractivity contribution < 1.29 is 8.78 Å². The topological polar surface area (TPSA) is 78.7 Å². The average molecular weight is 345 g/mol. The zero-order valence-corrected chi connectivity index (χ0v) is 13.8. The second-order valence-electron chi connectivity index (χ2n) is 5.90. The van der Waals surface area contributed by atoms with Crippen LogP contribution in [0.2, 0.25) is 0 Å². The molecule has 0 aliphatic carbocycles. The molecule has 0 spiro atoms. The molecule has 6 nitrogen and oxygen atoms in total. The Morgan fingerprint density at radius 1 is 1.12 bits per heavy atom. The lowest BCUT2D eigenvalue weighted by molar-refractivity contribution is 0.493. The van der Waals surface area contributed by atoms with Crippen LogP contribution in [0.1, 0.15) is 29.7 Å². The maximum absolute atomic E-state index is 13.4. The van der Waals surface area contributed by atoms with Crippen molar-refractivity contribution >= 4 is 5.69 Å². The molecule has 1 atom stereocenters. The highest BCUT2D eigenvalue weighted by Crippen LogP contribution is 2.18. The Hall–Kier alpha value is -3.03. The Morgan fingerprint density at radius 3 is 2.56 bits per heavy atom. The van der Waals surface area contributed by atoms with Crippen LogP contribution in [0, 0.1) is 18.6 Å². The Balaban J connectivity index is 1.88. The van der Waals surface area contributed by atoms with E-state index >= 15 is 0 Å². The molecule has 1 heterocycles. The minimum atomic E-state index is -0.970. The van der Waals surface area contributed by atoms with Gasteiger partial charge in [-0.3, -0.25) is 0 Å². The number of nitrogens with two attached hydrogens (primary N) is 1. The van der Waals surface area contributed by atoms with E-state index in [4.69, 9.17) is 5.73 Å². The van der Waals surface area contributed by atoms with Gasteiger partial charge in [-0.2, -0.15) is 9.36 Å². The number of nitrogens with zero attached hydrogens (tertiary/aromatic N) is 4. The van der Waals surface area contributed by atoms with Crippen LogP contribution in [0.4, 0.5) is 14.5 Å². The molecular formula is C17H17F2N5O. The van der Waals surface area contributed by atoms with Crippen molar-refractivity contribution in [2.75, 3.05) is 5.73 Å². The smallest absolute Gasteiger partial charge is 0.364 e. The van der Waals surface area contributed by atoms with Gasteiger partial charge in [-0.15, -0.1) is 0 Å². The standard InChI is InChI=1S/C17H17F2N5O/c1-10-7-12(3-6-16(10)20)9-23-17(25)24(22-21-23)11(2)13-4-5-14(18)15(19)8-13/h3-8,11H,9,20H2,1-2H3. The monoisotopic (exact) mass is 345 g/mol. The average Bonchev–Trinajstić information content (AvgIpc) is 2.94. The van der Waals surface area contributed by atoms with Gasteiger partial charge in [-0.25, -0.2) is 13.6 Å². The van der Waals surface area contributed by atoms with Gasteiger partial charge in [0.05, 0.1) is 12.6 Å². The zero-order valence-electron chi connectivity index (χ0n) is 13.8. The minimum Gasteiger partial charge on any atom is -0.399 e. The molecule has 25 heavy (non-hydrogen) atoms. The zero-order chi connectivity index (χ0) is 18.1. The number of tetrazole rings is 1. The first-order valence-corrected chi connectivity index (χ1v) is 7.69. The summed E-state index contributed by atoms with van der Waals surface area (Å²) in [7, 11) is 0. The number of rotatable bonds is 4. The van der Waals surface area contributed by atoms with Crippen LogP contribution in [0.5, 0.6) is 0 Å². The molecule has 0 aliphatic heterocycles. The molecule has 0 saturated carbocycles. The molecule has 3 rings (SSSR count). The van der Waals surface area contributed by atoms with Gasteiger partial charge >= 0.3 is 5.69 Å². The fourth-order valence-corrected chi connectivity index (χ4v) is 2.55. The summed E-state index contributed by atoms with van der Waals surface area (Å²) in [5, 5.41) is 7.72. The van der Waals surface area contributed by atoms with Gasteiger partial charge < -0.3 is 5.73 Å². The van der Waals surface area contributed by atoms with Gasteiger partial charge in [0.2, 0.25) is 0 Å². The molecule has 0 aliphatic rings. The molecule has 0 amide bonds. The number of aromatic nitrogens is 4. The lowest BCUT2D eigenvalue weighted by atomic mass is 10.1. The van der Waals surface area contributed by atoms with Crippen LogP contribution in [0.3, 0.4) is 0 Å². The third-order valence-electron chi connectivity index (χ3n) is 4.12. The Kier molecular flexibility index (Phi) is 4.35. The molecule has 0 saturated heterocycles. The number of aryl methyl sites for hydroxylation is 1. The highest BCUT2D eigenvalue weighted by atomic mass is 19.2. The second kappa shape index (κ2) is 6.46. The summed E-state index contributed by atoms with van der Waals surface area (Å²) in [6, 6.07) is 8.36. The van der Waals surface area contributed by atoms with E-state index < -0.39 is 23.4 Å². The first-order chi connectivity index (χ1) is 11.9. The van der Waals surface area contributed by atoms with Crippen molar-refractivity contribution in [3.05, 3.63) is 75.2 Å². The van der Waals surface area contributed by atoms with E-state index in [1.54, 1.807) is 13.0 Å². The summed E-state index contributed by atoms with van der Waals surface area (Å²) < 4.78 is 28.8. The predicted octanol–water partition coefficient (Wildman–Crippen LogP) is 2.27. The van der Waals surface area contributed by atoms with Gasteiger partial charge in [-0.05, 0) is 59.2 Å². The molecule has 0 radical (unpaired) electrons. The third kappa shape index (κ3) is 3.28. The van der Waals surface area contributed by atoms with Gasteiger partial charge in [0.1, 0.15) is 0 Å². The summed E-state index contributed by atoms with van der Waals surface area (Å²) in [5.41, 5.74) is 8.22. The maximum atomic E-state index is 13.4. The number of halogens is 2. The van der Waals surface area contributed by atoms with E-state index in [-0.39, 0.29) is 6.54 Å². The maximum Gasteiger partial charge on any atom is 0.364 e. The van der Waals surface area contributed by atoms with E-state index in [9.17, 15) is 13.6 Å². The normalized spacial score (nSPS) is 12.3.